The van der Waals surface area contributed by atoms with Gasteiger partial charge in [0.1, 0.15) is 5.75 Å². The summed E-state index contributed by atoms with van der Waals surface area (Å²) in [5.74, 6) is 0.520. The van der Waals surface area contributed by atoms with Crippen LogP contribution in [0, 0.1) is 0 Å². The van der Waals surface area contributed by atoms with E-state index in [9.17, 15) is 4.79 Å². The molecule has 1 amide bonds. The number of benzene rings is 1. The average molecular weight is 259 g/mol. The summed E-state index contributed by atoms with van der Waals surface area (Å²) in [6, 6.07) is 7.22. The first kappa shape index (κ1) is 13.1. The molecule has 5 nitrogen and oxygen atoms in total. The molecule has 0 aliphatic rings. The molecular formula is C14H17N3O2. The molecule has 19 heavy (non-hydrogen) atoms. The summed E-state index contributed by atoms with van der Waals surface area (Å²) in [6.07, 6.45) is 3.65. The molecule has 0 unspecified atom stereocenters. The SMILES string of the molecule is COc1ccccc1C(=O)N(C)Cc1cnn(C)c1. The zero-order valence-electron chi connectivity index (χ0n) is 11.3. The number of nitrogens with zero attached hydrogens (tertiary/aromatic N) is 3. The number of hydrogen-bond acceptors (Lipinski definition) is 3. The van der Waals surface area contributed by atoms with Gasteiger partial charge in [-0.3, -0.25) is 9.48 Å². The van der Waals surface area contributed by atoms with Crippen LogP contribution < -0.4 is 4.74 Å². The van der Waals surface area contributed by atoms with Gasteiger partial charge in [0.2, 0.25) is 0 Å². The molecule has 0 saturated carbocycles. The fourth-order valence-corrected chi connectivity index (χ4v) is 1.93. The molecule has 100 valence electrons. The van der Waals surface area contributed by atoms with E-state index in [0.29, 0.717) is 17.9 Å². The van der Waals surface area contributed by atoms with Gasteiger partial charge < -0.3 is 9.64 Å². The van der Waals surface area contributed by atoms with Gasteiger partial charge in [-0.25, -0.2) is 0 Å². The molecule has 2 aromatic rings. The molecule has 0 aliphatic carbocycles. The fourth-order valence-electron chi connectivity index (χ4n) is 1.93. The van der Waals surface area contributed by atoms with Gasteiger partial charge in [-0.05, 0) is 12.1 Å². The second kappa shape index (κ2) is 5.56. The Morgan fingerprint density at radius 2 is 2.16 bits per heavy atom. The molecule has 0 atom stereocenters. The van der Waals surface area contributed by atoms with Crippen LogP contribution in [0.15, 0.2) is 36.7 Å². The predicted octanol–water partition coefficient (Wildman–Crippen LogP) is 1.70. The molecule has 0 N–H and O–H groups in total. The Hall–Kier alpha value is -2.30. The van der Waals surface area contributed by atoms with Crippen LogP contribution >= 0.6 is 0 Å². The van der Waals surface area contributed by atoms with Gasteiger partial charge in [-0.1, -0.05) is 12.1 Å². The van der Waals surface area contributed by atoms with Crippen LogP contribution in [0.5, 0.6) is 5.75 Å². The first-order valence-electron chi connectivity index (χ1n) is 5.98. The Balaban J connectivity index is 2.14. The molecular weight excluding hydrogens is 242 g/mol. The third kappa shape index (κ3) is 2.93. The van der Waals surface area contributed by atoms with Crippen LogP contribution in [0.3, 0.4) is 0 Å². The van der Waals surface area contributed by atoms with Crippen molar-refractivity contribution in [3.8, 4) is 5.75 Å². The van der Waals surface area contributed by atoms with Gasteiger partial charge in [0, 0.05) is 32.4 Å². The maximum Gasteiger partial charge on any atom is 0.257 e. The van der Waals surface area contributed by atoms with Crippen molar-refractivity contribution in [3.05, 3.63) is 47.8 Å². The monoisotopic (exact) mass is 259 g/mol. The van der Waals surface area contributed by atoms with E-state index in [1.54, 1.807) is 42.1 Å². The summed E-state index contributed by atoms with van der Waals surface area (Å²) < 4.78 is 6.93. The van der Waals surface area contributed by atoms with Crippen LogP contribution in [0.2, 0.25) is 0 Å². The number of amides is 1. The number of carbonyl (C=O) groups is 1. The molecule has 1 aromatic carbocycles. The van der Waals surface area contributed by atoms with E-state index in [1.165, 1.54) is 0 Å². The van der Waals surface area contributed by atoms with E-state index < -0.39 is 0 Å². The lowest BCUT2D eigenvalue weighted by Gasteiger charge is -2.17. The van der Waals surface area contributed by atoms with Crippen molar-refractivity contribution in [1.29, 1.82) is 0 Å². The number of rotatable bonds is 4. The zero-order valence-corrected chi connectivity index (χ0v) is 11.3. The molecule has 0 spiro atoms. The Labute approximate surface area is 112 Å². The number of para-hydroxylation sites is 1. The second-order valence-electron chi connectivity index (χ2n) is 4.38. The molecule has 1 heterocycles. The van der Waals surface area contributed by atoms with Gasteiger partial charge in [-0.2, -0.15) is 5.10 Å². The van der Waals surface area contributed by atoms with E-state index in [2.05, 4.69) is 5.10 Å². The van der Waals surface area contributed by atoms with Crippen molar-refractivity contribution in [3.63, 3.8) is 0 Å². The van der Waals surface area contributed by atoms with Crippen molar-refractivity contribution in [2.45, 2.75) is 6.54 Å². The summed E-state index contributed by atoms with van der Waals surface area (Å²) in [7, 11) is 5.18. The summed E-state index contributed by atoms with van der Waals surface area (Å²) in [5, 5.41) is 4.09. The molecule has 0 fully saturated rings. The van der Waals surface area contributed by atoms with Crippen molar-refractivity contribution in [2.24, 2.45) is 7.05 Å². The minimum atomic E-state index is -0.0682. The number of hydrogen-bond donors (Lipinski definition) is 0. The average Bonchev–Trinajstić information content (AvgIpc) is 2.83. The molecule has 2 rings (SSSR count). The minimum absolute atomic E-state index is 0.0682. The highest BCUT2D eigenvalue weighted by atomic mass is 16.5. The fraction of sp³-hybridized carbons (Fsp3) is 0.286. The maximum atomic E-state index is 12.4. The highest BCUT2D eigenvalue weighted by Crippen LogP contribution is 2.19. The van der Waals surface area contributed by atoms with Crippen molar-refractivity contribution in [2.75, 3.05) is 14.2 Å². The lowest BCUT2D eigenvalue weighted by atomic mass is 10.1. The number of aryl methyl sites for hydroxylation is 1. The van der Waals surface area contributed by atoms with E-state index in [-0.39, 0.29) is 5.91 Å². The summed E-state index contributed by atoms with van der Waals surface area (Å²) in [5.41, 5.74) is 1.56. The Morgan fingerprint density at radius 3 is 2.79 bits per heavy atom. The highest BCUT2D eigenvalue weighted by molar-refractivity contribution is 5.96. The van der Waals surface area contributed by atoms with E-state index in [1.807, 2.05) is 25.4 Å². The smallest absolute Gasteiger partial charge is 0.257 e. The second-order valence-corrected chi connectivity index (χ2v) is 4.38. The molecule has 0 radical (unpaired) electrons. The summed E-state index contributed by atoms with van der Waals surface area (Å²) in [4.78, 5) is 14.0. The normalized spacial score (nSPS) is 10.3. The molecule has 0 aliphatic heterocycles. The topological polar surface area (TPSA) is 47.4 Å². The van der Waals surface area contributed by atoms with Gasteiger partial charge in [0.05, 0.1) is 18.9 Å². The van der Waals surface area contributed by atoms with Gasteiger partial charge in [0.15, 0.2) is 0 Å². The van der Waals surface area contributed by atoms with Gasteiger partial charge >= 0.3 is 0 Å². The quantitative estimate of drug-likeness (QED) is 0.839. The third-order valence-electron chi connectivity index (χ3n) is 2.86. The van der Waals surface area contributed by atoms with Crippen LogP contribution in [0.25, 0.3) is 0 Å². The lowest BCUT2D eigenvalue weighted by Crippen LogP contribution is -2.26. The van der Waals surface area contributed by atoms with E-state index in [4.69, 9.17) is 4.74 Å². The zero-order chi connectivity index (χ0) is 13.8. The standard InChI is InChI=1S/C14H17N3O2/c1-16(9-11-8-15-17(2)10-11)14(18)12-6-4-5-7-13(12)19-3/h4-8,10H,9H2,1-3H3. The summed E-state index contributed by atoms with van der Waals surface area (Å²) in [6.45, 7) is 0.519. The first-order valence-corrected chi connectivity index (χ1v) is 5.98. The minimum Gasteiger partial charge on any atom is -0.496 e. The van der Waals surface area contributed by atoms with Crippen molar-refractivity contribution < 1.29 is 9.53 Å². The Kier molecular flexibility index (Phi) is 3.85. The van der Waals surface area contributed by atoms with E-state index in [0.717, 1.165) is 5.56 Å². The number of aromatic nitrogens is 2. The first-order chi connectivity index (χ1) is 9.11. The predicted molar refractivity (Wildman–Crippen MR) is 72.0 cm³/mol. The van der Waals surface area contributed by atoms with Crippen LogP contribution in [0.1, 0.15) is 15.9 Å². The van der Waals surface area contributed by atoms with Gasteiger partial charge in [-0.15, -0.1) is 0 Å². The van der Waals surface area contributed by atoms with Crippen molar-refractivity contribution in [1.82, 2.24) is 14.7 Å². The van der Waals surface area contributed by atoms with Crippen LogP contribution in [-0.4, -0.2) is 34.7 Å². The maximum absolute atomic E-state index is 12.4. The van der Waals surface area contributed by atoms with Crippen LogP contribution in [-0.2, 0) is 13.6 Å². The highest BCUT2D eigenvalue weighted by Gasteiger charge is 2.16. The Morgan fingerprint density at radius 1 is 1.42 bits per heavy atom. The van der Waals surface area contributed by atoms with Crippen LogP contribution in [0.4, 0.5) is 0 Å². The van der Waals surface area contributed by atoms with Crippen molar-refractivity contribution >= 4 is 5.91 Å². The largest absolute Gasteiger partial charge is 0.496 e. The summed E-state index contributed by atoms with van der Waals surface area (Å²) >= 11 is 0. The number of carbonyl (C=O) groups excluding carboxylic acids is 1. The van der Waals surface area contributed by atoms with E-state index >= 15 is 0 Å². The van der Waals surface area contributed by atoms with Gasteiger partial charge in [0.25, 0.3) is 5.91 Å². The molecule has 0 bridgehead atoms. The molecule has 5 heteroatoms. The number of ether oxygens (including phenoxy) is 1. The lowest BCUT2D eigenvalue weighted by molar-refractivity contribution is 0.0781. The Bertz CT molecular complexity index is 578. The third-order valence-corrected chi connectivity index (χ3v) is 2.86. The molecule has 0 saturated heterocycles. The molecule has 1 aromatic heterocycles. The number of methoxy groups -OCH3 is 1.